The highest BCUT2D eigenvalue weighted by Crippen LogP contribution is 2.22. The molecule has 11 nitrogen and oxygen atoms in total. The molecule has 0 aliphatic carbocycles. The van der Waals surface area contributed by atoms with E-state index in [4.69, 9.17) is 0 Å². The Morgan fingerprint density at radius 2 is 1.94 bits per heavy atom. The molecule has 0 bridgehead atoms. The van der Waals surface area contributed by atoms with Crippen LogP contribution in [0.2, 0.25) is 0 Å². The number of thiophene rings is 1. The fraction of sp³-hybridized carbons (Fsp3) is 0.278. The van der Waals surface area contributed by atoms with Crippen molar-refractivity contribution in [1.29, 1.82) is 0 Å². The van der Waals surface area contributed by atoms with Gasteiger partial charge in [0.15, 0.2) is 0 Å². The third-order valence-corrected chi connectivity index (χ3v) is 7.79. The van der Waals surface area contributed by atoms with Gasteiger partial charge < -0.3 is 4.90 Å². The van der Waals surface area contributed by atoms with E-state index >= 15 is 0 Å². The van der Waals surface area contributed by atoms with Gasteiger partial charge in [-0.3, -0.25) is 24.3 Å². The Morgan fingerprint density at radius 3 is 2.65 bits per heavy atom. The second kappa shape index (κ2) is 8.17. The predicted molar refractivity (Wildman–Crippen MR) is 112 cm³/mol. The summed E-state index contributed by atoms with van der Waals surface area (Å²) in [6, 6.07) is 6.60. The average molecular weight is 463 g/mol. The Bertz CT molecular complexity index is 1320. The molecule has 1 aliphatic rings. The average Bonchev–Trinajstić information content (AvgIpc) is 3.25. The minimum atomic E-state index is -3.92. The van der Waals surface area contributed by atoms with Crippen molar-refractivity contribution in [3.05, 3.63) is 62.5 Å². The van der Waals surface area contributed by atoms with Gasteiger partial charge >= 0.3 is 0 Å². The number of carbonyl (C=O) groups is 1. The normalized spacial score (nSPS) is 15.3. The van der Waals surface area contributed by atoms with Crippen molar-refractivity contribution in [3.63, 3.8) is 0 Å². The molecule has 3 heterocycles. The van der Waals surface area contributed by atoms with Gasteiger partial charge in [-0.2, -0.15) is 4.31 Å². The van der Waals surface area contributed by atoms with Crippen LogP contribution in [-0.4, -0.2) is 64.2 Å². The first kappa shape index (κ1) is 21.1. The third kappa shape index (κ3) is 4.06. The largest absolute Gasteiger partial charge is 0.338 e. The van der Waals surface area contributed by atoms with Crippen molar-refractivity contribution in [1.82, 2.24) is 18.8 Å². The number of benzene rings is 1. The van der Waals surface area contributed by atoms with E-state index in [1.54, 1.807) is 11.4 Å². The Morgan fingerprint density at radius 1 is 1.19 bits per heavy atom. The van der Waals surface area contributed by atoms with Gasteiger partial charge in [0.2, 0.25) is 15.9 Å². The number of nitro benzene ring substituents is 1. The Kier molecular flexibility index (Phi) is 5.56. The van der Waals surface area contributed by atoms with Gasteiger partial charge in [-0.25, -0.2) is 13.4 Å². The molecule has 0 unspecified atom stereocenters. The molecule has 0 saturated carbocycles. The van der Waals surface area contributed by atoms with E-state index in [2.05, 4.69) is 4.98 Å². The fourth-order valence-electron chi connectivity index (χ4n) is 3.32. The summed E-state index contributed by atoms with van der Waals surface area (Å²) < 4.78 is 28.6. The highest BCUT2D eigenvalue weighted by molar-refractivity contribution is 7.89. The van der Waals surface area contributed by atoms with E-state index in [-0.39, 0.29) is 54.8 Å². The molecular formula is C18H17N5O6S2. The van der Waals surface area contributed by atoms with Crippen LogP contribution in [0.5, 0.6) is 0 Å². The van der Waals surface area contributed by atoms with Gasteiger partial charge in [0.25, 0.3) is 11.2 Å². The van der Waals surface area contributed by atoms with Crippen molar-refractivity contribution < 1.29 is 18.1 Å². The lowest BCUT2D eigenvalue weighted by molar-refractivity contribution is -0.385. The predicted octanol–water partition coefficient (Wildman–Crippen LogP) is 0.899. The topological polar surface area (TPSA) is 136 Å². The molecule has 162 valence electrons. The zero-order valence-electron chi connectivity index (χ0n) is 16.1. The first-order valence-electron chi connectivity index (χ1n) is 9.22. The minimum absolute atomic E-state index is 0.0495. The number of aromatic nitrogens is 2. The van der Waals surface area contributed by atoms with Crippen molar-refractivity contribution in [2.24, 2.45) is 0 Å². The van der Waals surface area contributed by atoms with Crippen LogP contribution in [0.4, 0.5) is 5.69 Å². The van der Waals surface area contributed by atoms with Crippen LogP contribution < -0.4 is 5.56 Å². The molecule has 1 amide bonds. The summed E-state index contributed by atoms with van der Waals surface area (Å²) in [5.74, 6) is -0.313. The molecule has 1 aromatic carbocycles. The summed E-state index contributed by atoms with van der Waals surface area (Å²) in [4.78, 5) is 40.9. The number of amides is 1. The van der Waals surface area contributed by atoms with E-state index in [0.717, 1.165) is 6.07 Å². The number of sulfonamides is 1. The second-order valence-electron chi connectivity index (χ2n) is 6.85. The van der Waals surface area contributed by atoms with Crippen LogP contribution in [-0.2, 0) is 21.4 Å². The smallest absolute Gasteiger partial charge is 0.271 e. The van der Waals surface area contributed by atoms with Gasteiger partial charge in [-0.1, -0.05) is 6.07 Å². The van der Waals surface area contributed by atoms with Crippen molar-refractivity contribution in [2.75, 3.05) is 26.2 Å². The number of nitrogens with zero attached hydrogens (tertiary/aromatic N) is 5. The van der Waals surface area contributed by atoms with E-state index in [1.807, 2.05) is 0 Å². The fourth-order valence-corrected chi connectivity index (χ4v) is 5.58. The lowest BCUT2D eigenvalue weighted by Gasteiger charge is -2.34. The zero-order chi connectivity index (χ0) is 22.2. The van der Waals surface area contributed by atoms with Gasteiger partial charge in [-0.05, 0) is 17.5 Å². The second-order valence-corrected chi connectivity index (χ2v) is 9.71. The molecule has 0 spiro atoms. The van der Waals surface area contributed by atoms with Crippen LogP contribution in [0.1, 0.15) is 0 Å². The summed E-state index contributed by atoms with van der Waals surface area (Å²) in [7, 11) is -3.92. The van der Waals surface area contributed by atoms with Crippen molar-refractivity contribution in [2.45, 2.75) is 11.4 Å². The summed E-state index contributed by atoms with van der Waals surface area (Å²) in [5.41, 5.74) is -0.0180. The molecule has 1 aliphatic heterocycles. The standard InChI is InChI=1S/C18H17N5O6S2/c24-16(11-21-12-19-15-4-9-30-17(15)18(21)25)20-5-7-22(8-6-20)31(28,29)14-3-1-2-13(10-14)23(26)27/h1-4,9-10,12H,5-8,11H2. The van der Waals surface area contributed by atoms with Gasteiger partial charge in [0.1, 0.15) is 11.2 Å². The molecular weight excluding hydrogens is 446 g/mol. The number of hydrogen-bond acceptors (Lipinski definition) is 8. The molecule has 2 aromatic heterocycles. The first-order chi connectivity index (χ1) is 14.8. The number of piperazine rings is 1. The van der Waals surface area contributed by atoms with Gasteiger partial charge in [0, 0.05) is 38.3 Å². The quantitative estimate of drug-likeness (QED) is 0.405. The highest BCUT2D eigenvalue weighted by atomic mass is 32.2. The lowest BCUT2D eigenvalue weighted by Crippen LogP contribution is -2.51. The van der Waals surface area contributed by atoms with Crippen LogP contribution in [0.3, 0.4) is 0 Å². The maximum Gasteiger partial charge on any atom is 0.271 e. The van der Waals surface area contributed by atoms with Crippen LogP contribution >= 0.6 is 11.3 Å². The van der Waals surface area contributed by atoms with E-state index in [0.29, 0.717) is 10.2 Å². The summed E-state index contributed by atoms with van der Waals surface area (Å²) in [5, 5.41) is 12.7. The summed E-state index contributed by atoms with van der Waals surface area (Å²) in [6.45, 7) is 0.214. The van der Waals surface area contributed by atoms with Crippen LogP contribution in [0, 0.1) is 10.1 Å². The van der Waals surface area contributed by atoms with E-state index in [9.17, 15) is 28.1 Å². The zero-order valence-corrected chi connectivity index (χ0v) is 17.7. The number of non-ortho nitro benzene ring substituents is 1. The monoisotopic (exact) mass is 463 g/mol. The molecule has 0 atom stereocenters. The Hall–Kier alpha value is -3.16. The van der Waals surface area contributed by atoms with Crippen LogP contribution in [0.15, 0.2) is 51.7 Å². The third-order valence-electron chi connectivity index (χ3n) is 5.00. The Labute approximate surface area is 180 Å². The minimum Gasteiger partial charge on any atom is -0.338 e. The summed E-state index contributed by atoms with van der Waals surface area (Å²) >= 11 is 1.26. The van der Waals surface area contributed by atoms with E-state index in [1.165, 1.54) is 49.6 Å². The SMILES string of the molecule is O=C(Cn1cnc2ccsc2c1=O)N1CCN(S(=O)(=O)c2cccc([N+](=O)[O-])c2)CC1. The molecule has 31 heavy (non-hydrogen) atoms. The van der Waals surface area contributed by atoms with Crippen molar-refractivity contribution in [3.8, 4) is 0 Å². The number of fused-ring (bicyclic) bond motifs is 1. The maximum absolute atomic E-state index is 12.8. The van der Waals surface area contributed by atoms with Gasteiger partial charge in [-0.15, -0.1) is 11.3 Å². The molecule has 1 saturated heterocycles. The molecule has 13 heteroatoms. The van der Waals surface area contributed by atoms with Crippen molar-refractivity contribution >= 4 is 43.2 Å². The first-order valence-corrected chi connectivity index (χ1v) is 11.5. The van der Waals surface area contributed by atoms with Gasteiger partial charge in [0.05, 0.1) is 21.7 Å². The number of hydrogen-bond donors (Lipinski definition) is 0. The lowest BCUT2D eigenvalue weighted by atomic mass is 10.3. The van der Waals surface area contributed by atoms with Crippen LogP contribution in [0.25, 0.3) is 10.2 Å². The highest BCUT2D eigenvalue weighted by Gasteiger charge is 2.31. The molecule has 3 aromatic rings. The molecule has 1 fully saturated rings. The number of nitro groups is 1. The number of carbonyl (C=O) groups excluding carboxylic acids is 1. The summed E-state index contributed by atoms with van der Waals surface area (Å²) in [6.07, 6.45) is 1.33. The van der Waals surface area contributed by atoms with E-state index < -0.39 is 14.9 Å². The molecule has 0 radical (unpaired) electrons. The molecule has 0 N–H and O–H groups in total. The Balaban J connectivity index is 1.43. The number of rotatable bonds is 5. The maximum atomic E-state index is 12.8. The molecule has 4 rings (SSSR count).